The third-order valence-electron chi connectivity index (χ3n) is 12.0. The summed E-state index contributed by atoms with van der Waals surface area (Å²) in [6, 6.07) is 48.9. The number of hydrogen-bond acceptors (Lipinski definition) is 4. The number of benzene rings is 6. The summed E-state index contributed by atoms with van der Waals surface area (Å²) >= 11 is 0. The molecule has 6 aromatic carbocycles. The standard InChI is InChI=1S/C54H48N4/c1-53(2,3)41-21-25-43(26-22-41)57(47-15-7-11-35-13-9-29-55-51(35)47)45-31-37-17-19-39-33-46(34-40-20-18-38(32-45)49(37)50(39)40)58(44-27-23-42(24-28-44)54(4,5)6)48-16-8-12-36-14-10-30-56-52(36)48/h7-19,21-34,40H,20H2,1-6H3. The van der Waals surface area contributed by atoms with Crippen molar-refractivity contribution in [1.82, 2.24) is 9.97 Å². The molecular formula is C54H48N4. The number of allylic oxidation sites excluding steroid dienone is 2. The van der Waals surface area contributed by atoms with Crippen LogP contribution >= 0.6 is 0 Å². The Hall–Kier alpha value is -6.52. The van der Waals surface area contributed by atoms with Crippen LogP contribution in [-0.2, 0) is 10.8 Å². The van der Waals surface area contributed by atoms with Crippen LogP contribution in [0.1, 0.15) is 70.6 Å². The van der Waals surface area contributed by atoms with Crippen molar-refractivity contribution >= 4 is 73.2 Å². The molecule has 2 aliphatic rings. The van der Waals surface area contributed by atoms with E-state index in [0.29, 0.717) is 0 Å². The number of hydrogen-bond donors (Lipinski definition) is 0. The predicted molar refractivity (Wildman–Crippen MR) is 245 cm³/mol. The first-order valence-electron chi connectivity index (χ1n) is 20.5. The van der Waals surface area contributed by atoms with Gasteiger partial charge in [-0.2, -0.15) is 0 Å². The second-order valence-electron chi connectivity index (χ2n) is 18.0. The van der Waals surface area contributed by atoms with E-state index < -0.39 is 0 Å². The van der Waals surface area contributed by atoms with Gasteiger partial charge in [-0.15, -0.1) is 0 Å². The third kappa shape index (κ3) is 6.15. The molecule has 4 nitrogen and oxygen atoms in total. The molecular weight excluding hydrogens is 705 g/mol. The fourth-order valence-electron chi connectivity index (χ4n) is 9.03. The van der Waals surface area contributed by atoms with Gasteiger partial charge in [-0.3, -0.25) is 9.97 Å². The molecule has 0 bridgehead atoms. The van der Waals surface area contributed by atoms with E-state index in [1.807, 2.05) is 24.5 Å². The van der Waals surface area contributed by atoms with E-state index in [-0.39, 0.29) is 16.7 Å². The Balaban J connectivity index is 1.13. The monoisotopic (exact) mass is 752 g/mol. The molecule has 0 radical (unpaired) electrons. The summed E-state index contributed by atoms with van der Waals surface area (Å²) in [4.78, 5) is 14.6. The van der Waals surface area contributed by atoms with Gasteiger partial charge in [0.05, 0.1) is 22.4 Å². The minimum Gasteiger partial charge on any atom is -0.309 e. The summed E-state index contributed by atoms with van der Waals surface area (Å²) in [6.07, 6.45) is 12.0. The Labute approximate surface area is 341 Å². The highest BCUT2D eigenvalue weighted by Gasteiger charge is 2.27. The maximum absolute atomic E-state index is 4.91. The topological polar surface area (TPSA) is 32.3 Å². The fraction of sp³-hybridized carbons (Fsp3) is 0.185. The second-order valence-corrected chi connectivity index (χ2v) is 18.0. The van der Waals surface area contributed by atoms with Crippen molar-refractivity contribution in [3.63, 3.8) is 0 Å². The van der Waals surface area contributed by atoms with Crippen LogP contribution in [0.4, 0.5) is 28.4 Å². The average molecular weight is 753 g/mol. The van der Waals surface area contributed by atoms with Crippen LogP contribution in [-0.4, -0.2) is 9.97 Å². The van der Waals surface area contributed by atoms with Gasteiger partial charge in [-0.25, -0.2) is 0 Å². The van der Waals surface area contributed by atoms with Gasteiger partial charge in [0.1, 0.15) is 0 Å². The van der Waals surface area contributed by atoms with E-state index in [0.717, 1.165) is 56.7 Å². The zero-order valence-electron chi connectivity index (χ0n) is 34.2. The molecule has 284 valence electrons. The van der Waals surface area contributed by atoms with Gasteiger partial charge in [0, 0.05) is 51.8 Å². The summed E-state index contributed by atoms with van der Waals surface area (Å²) in [5, 5.41) is 7.39. The van der Waals surface area contributed by atoms with Gasteiger partial charge in [0.2, 0.25) is 0 Å². The van der Waals surface area contributed by atoms with E-state index in [4.69, 9.17) is 9.97 Å². The van der Waals surface area contributed by atoms with E-state index >= 15 is 0 Å². The highest BCUT2D eigenvalue weighted by Crippen LogP contribution is 2.43. The van der Waals surface area contributed by atoms with Crippen LogP contribution in [0.25, 0.3) is 44.7 Å². The zero-order chi connectivity index (χ0) is 39.8. The van der Waals surface area contributed by atoms with Crippen molar-refractivity contribution in [3.05, 3.63) is 185 Å². The molecule has 1 atom stereocenters. The lowest BCUT2D eigenvalue weighted by atomic mass is 9.81. The first-order chi connectivity index (χ1) is 28.0. The summed E-state index contributed by atoms with van der Waals surface area (Å²) in [5.74, 6) is 0.236. The molecule has 0 saturated heterocycles. The number of aromatic nitrogens is 2. The molecule has 0 amide bonds. The lowest BCUT2D eigenvalue weighted by molar-refractivity contribution is 0.590. The number of para-hydroxylation sites is 2. The first kappa shape index (κ1) is 35.9. The van der Waals surface area contributed by atoms with E-state index in [1.165, 1.54) is 43.6 Å². The SMILES string of the molecule is CC(C)(C)c1ccc(N(C2=CC3CC=c4cc(N(c5ccc(C(C)(C)C)cc5)c5cccc6cccnc56)cc5ccc(c3c45)=C2)c2cccc3cccnc23)cc1. The molecule has 2 heterocycles. The highest BCUT2D eigenvalue weighted by atomic mass is 15.2. The molecule has 10 rings (SSSR count). The highest BCUT2D eigenvalue weighted by molar-refractivity contribution is 6.00. The smallest absolute Gasteiger partial charge is 0.0942 e. The van der Waals surface area contributed by atoms with Crippen LogP contribution in [0.2, 0.25) is 0 Å². The van der Waals surface area contributed by atoms with Crippen molar-refractivity contribution < 1.29 is 0 Å². The molecule has 0 fully saturated rings. The van der Waals surface area contributed by atoms with Crippen molar-refractivity contribution in [3.8, 4) is 0 Å². The normalized spacial score (nSPS) is 14.9. The minimum absolute atomic E-state index is 0.0626. The number of fused-ring (bicyclic) bond motifs is 2. The average Bonchev–Trinajstić information content (AvgIpc) is 3.23. The largest absolute Gasteiger partial charge is 0.309 e. The number of anilines is 5. The Morgan fingerprint density at radius 3 is 1.66 bits per heavy atom. The number of rotatable bonds is 6. The molecule has 2 aromatic heterocycles. The van der Waals surface area contributed by atoms with Crippen LogP contribution in [0.5, 0.6) is 0 Å². The maximum atomic E-state index is 4.91. The van der Waals surface area contributed by atoms with Gasteiger partial charge in [-0.1, -0.05) is 126 Å². The quantitative estimate of drug-likeness (QED) is 0.169. The van der Waals surface area contributed by atoms with E-state index in [9.17, 15) is 0 Å². The molecule has 0 spiro atoms. The zero-order valence-corrected chi connectivity index (χ0v) is 34.2. The molecule has 58 heavy (non-hydrogen) atoms. The predicted octanol–water partition coefficient (Wildman–Crippen LogP) is 12.8. The third-order valence-corrected chi connectivity index (χ3v) is 12.0. The van der Waals surface area contributed by atoms with E-state index in [2.05, 4.69) is 191 Å². The molecule has 1 unspecified atom stereocenters. The molecule has 0 saturated carbocycles. The summed E-state index contributed by atoms with van der Waals surface area (Å²) in [5.41, 5.74) is 12.8. The maximum Gasteiger partial charge on any atom is 0.0942 e. The lowest BCUT2D eigenvalue weighted by Gasteiger charge is -2.33. The van der Waals surface area contributed by atoms with Crippen molar-refractivity contribution in [2.45, 2.75) is 64.7 Å². The number of pyridine rings is 2. The van der Waals surface area contributed by atoms with Crippen molar-refractivity contribution in [2.24, 2.45) is 0 Å². The van der Waals surface area contributed by atoms with Gasteiger partial charge < -0.3 is 9.80 Å². The van der Waals surface area contributed by atoms with Crippen LogP contribution in [0.3, 0.4) is 0 Å². The van der Waals surface area contributed by atoms with Crippen LogP contribution in [0, 0.1) is 0 Å². The fourth-order valence-corrected chi connectivity index (χ4v) is 9.03. The van der Waals surface area contributed by atoms with Gasteiger partial charge in [0.15, 0.2) is 0 Å². The van der Waals surface area contributed by atoms with Gasteiger partial charge in [0.25, 0.3) is 0 Å². The van der Waals surface area contributed by atoms with E-state index in [1.54, 1.807) is 0 Å². The van der Waals surface area contributed by atoms with Crippen molar-refractivity contribution in [2.75, 3.05) is 9.80 Å². The second kappa shape index (κ2) is 13.6. The Morgan fingerprint density at radius 1 is 0.517 bits per heavy atom. The summed E-state index contributed by atoms with van der Waals surface area (Å²) < 4.78 is 0. The van der Waals surface area contributed by atoms with Gasteiger partial charge >= 0.3 is 0 Å². The molecule has 2 aliphatic carbocycles. The molecule has 4 heteroatoms. The Bertz CT molecular complexity index is 3040. The molecule has 0 aliphatic heterocycles. The number of nitrogens with zero attached hydrogens (tertiary/aromatic N) is 4. The lowest BCUT2D eigenvalue weighted by Crippen LogP contribution is -2.28. The molecule has 0 N–H and O–H groups in total. The minimum atomic E-state index is 0.0626. The van der Waals surface area contributed by atoms with Gasteiger partial charge in [-0.05, 0) is 122 Å². The molecule has 8 aromatic rings. The van der Waals surface area contributed by atoms with Crippen LogP contribution < -0.4 is 20.2 Å². The first-order valence-corrected chi connectivity index (χ1v) is 20.5. The Kier molecular flexibility index (Phi) is 8.38. The van der Waals surface area contributed by atoms with Crippen molar-refractivity contribution in [1.29, 1.82) is 0 Å². The van der Waals surface area contributed by atoms with Crippen LogP contribution in [0.15, 0.2) is 158 Å². The summed E-state index contributed by atoms with van der Waals surface area (Å²) in [7, 11) is 0. The summed E-state index contributed by atoms with van der Waals surface area (Å²) in [6.45, 7) is 13.6. The Morgan fingerprint density at radius 2 is 1.07 bits per heavy atom.